The van der Waals surface area contributed by atoms with Gasteiger partial charge in [-0.1, -0.05) is 31.9 Å². The monoisotopic (exact) mass is 348 g/mol. The van der Waals surface area contributed by atoms with E-state index in [1.807, 2.05) is 0 Å². The van der Waals surface area contributed by atoms with Gasteiger partial charge >= 0.3 is 0 Å². The number of nitrogens with zero attached hydrogens (tertiary/aromatic N) is 1. The van der Waals surface area contributed by atoms with Crippen molar-refractivity contribution < 1.29 is 14.3 Å². The fourth-order valence-corrected chi connectivity index (χ4v) is 4.12. The van der Waals surface area contributed by atoms with Gasteiger partial charge in [0.1, 0.15) is 5.82 Å². The van der Waals surface area contributed by atoms with Gasteiger partial charge in [-0.25, -0.2) is 4.39 Å². The lowest BCUT2D eigenvalue weighted by molar-refractivity contribution is -0.124. The van der Waals surface area contributed by atoms with Crippen molar-refractivity contribution in [1.82, 2.24) is 10.2 Å². The molecule has 0 radical (unpaired) electrons. The molecule has 138 valence electrons. The van der Waals surface area contributed by atoms with Crippen LogP contribution < -0.4 is 5.32 Å². The average molecular weight is 348 g/mol. The minimum atomic E-state index is -0.918. The molecule has 2 N–H and O–H groups in total. The molecule has 1 aromatic carbocycles. The Morgan fingerprint density at radius 1 is 1.24 bits per heavy atom. The number of hydrogen-bond donors (Lipinski definition) is 2. The number of carbonyl (C=O) groups excluding carboxylic acids is 1. The summed E-state index contributed by atoms with van der Waals surface area (Å²) in [7, 11) is 0. The Morgan fingerprint density at radius 3 is 2.52 bits per heavy atom. The Bertz CT molecular complexity index is 582. The van der Waals surface area contributed by atoms with Gasteiger partial charge in [0, 0.05) is 19.1 Å². The second-order valence-corrected chi connectivity index (χ2v) is 7.75. The minimum Gasteiger partial charge on any atom is -0.385 e. The first-order valence-corrected chi connectivity index (χ1v) is 9.46. The van der Waals surface area contributed by atoms with Crippen LogP contribution in [-0.4, -0.2) is 41.6 Å². The fraction of sp³-hybridized carbons (Fsp3) is 0.650. The van der Waals surface area contributed by atoms with Crippen LogP contribution in [0.15, 0.2) is 24.3 Å². The highest BCUT2D eigenvalue weighted by Crippen LogP contribution is 2.32. The predicted octanol–water partition coefficient (Wildman–Crippen LogP) is 2.80. The van der Waals surface area contributed by atoms with Crippen LogP contribution in [0.5, 0.6) is 0 Å². The molecule has 1 amide bonds. The van der Waals surface area contributed by atoms with Crippen LogP contribution in [0.1, 0.15) is 51.0 Å². The van der Waals surface area contributed by atoms with Crippen LogP contribution in [0, 0.1) is 11.7 Å². The summed E-state index contributed by atoms with van der Waals surface area (Å²) in [6.07, 6.45) is 5.86. The first kappa shape index (κ1) is 18.3. The van der Waals surface area contributed by atoms with Gasteiger partial charge in [0.2, 0.25) is 5.91 Å². The molecule has 4 nitrogen and oxygen atoms in total. The van der Waals surface area contributed by atoms with Gasteiger partial charge in [-0.05, 0) is 49.3 Å². The molecule has 1 aliphatic heterocycles. The van der Waals surface area contributed by atoms with E-state index < -0.39 is 5.60 Å². The highest BCUT2D eigenvalue weighted by atomic mass is 19.1. The molecule has 0 aromatic heterocycles. The summed E-state index contributed by atoms with van der Waals surface area (Å²) >= 11 is 0. The zero-order valence-corrected chi connectivity index (χ0v) is 15.0. The van der Waals surface area contributed by atoms with Crippen molar-refractivity contribution in [1.29, 1.82) is 0 Å². The second kappa shape index (κ2) is 7.83. The molecule has 2 fully saturated rings. The van der Waals surface area contributed by atoms with E-state index >= 15 is 0 Å². The summed E-state index contributed by atoms with van der Waals surface area (Å²) < 4.78 is 13.1. The van der Waals surface area contributed by atoms with E-state index in [1.165, 1.54) is 31.4 Å². The maximum Gasteiger partial charge on any atom is 0.234 e. The summed E-state index contributed by atoms with van der Waals surface area (Å²) in [5.41, 5.74) is -0.160. The van der Waals surface area contributed by atoms with Crippen molar-refractivity contribution in [2.24, 2.45) is 5.92 Å². The third-order valence-electron chi connectivity index (χ3n) is 5.89. The van der Waals surface area contributed by atoms with E-state index in [0.717, 1.165) is 12.0 Å². The second-order valence-electron chi connectivity index (χ2n) is 7.75. The van der Waals surface area contributed by atoms with Crippen molar-refractivity contribution in [3.05, 3.63) is 35.6 Å². The SMILES string of the molecule is C[C@H]1CCCC[C@@H]1NC(=O)CN1CCC(O)(c2ccc(F)cc2)CC1. The van der Waals surface area contributed by atoms with Gasteiger partial charge in [-0.3, -0.25) is 9.69 Å². The molecule has 1 saturated carbocycles. The van der Waals surface area contributed by atoms with Crippen molar-refractivity contribution in [3.63, 3.8) is 0 Å². The average Bonchev–Trinajstić information content (AvgIpc) is 2.60. The fourth-order valence-electron chi connectivity index (χ4n) is 4.12. The van der Waals surface area contributed by atoms with Gasteiger partial charge in [-0.2, -0.15) is 0 Å². The Labute approximate surface area is 149 Å². The number of piperidine rings is 1. The maximum absolute atomic E-state index is 13.1. The summed E-state index contributed by atoms with van der Waals surface area (Å²) in [6.45, 7) is 3.94. The number of amides is 1. The van der Waals surface area contributed by atoms with E-state index in [-0.39, 0.29) is 11.7 Å². The summed E-state index contributed by atoms with van der Waals surface area (Å²) in [5.74, 6) is 0.354. The molecule has 2 atom stereocenters. The molecule has 5 heteroatoms. The first-order valence-electron chi connectivity index (χ1n) is 9.46. The number of carbonyl (C=O) groups is 1. The highest BCUT2D eigenvalue weighted by Gasteiger charge is 2.34. The number of nitrogens with one attached hydrogen (secondary N) is 1. The lowest BCUT2D eigenvalue weighted by atomic mass is 9.84. The standard InChI is InChI=1S/C20H29FN2O2/c1-15-4-2-3-5-18(15)22-19(24)14-23-12-10-20(25,11-13-23)16-6-8-17(21)9-7-16/h6-9,15,18,25H,2-5,10-14H2,1H3,(H,22,24)/t15-,18-/m0/s1. The molecule has 2 aliphatic rings. The van der Waals surface area contributed by atoms with Crippen molar-refractivity contribution in [3.8, 4) is 0 Å². The molecule has 1 aliphatic carbocycles. The largest absolute Gasteiger partial charge is 0.385 e. The number of hydrogen-bond acceptors (Lipinski definition) is 3. The topological polar surface area (TPSA) is 52.6 Å². The van der Waals surface area contributed by atoms with Gasteiger partial charge in [0.15, 0.2) is 0 Å². The number of benzene rings is 1. The van der Waals surface area contributed by atoms with Crippen LogP contribution in [0.3, 0.4) is 0 Å². The third kappa shape index (κ3) is 4.59. The lowest BCUT2D eigenvalue weighted by Crippen LogP contribution is -2.49. The number of rotatable bonds is 4. The normalized spacial score (nSPS) is 27.0. The van der Waals surface area contributed by atoms with Gasteiger partial charge in [0.25, 0.3) is 0 Å². The molecule has 1 heterocycles. The number of likely N-dealkylation sites (tertiary alicyclic amines) is 1. The molecule has 1 aromatic rings. The molecule has 3 rings (SSSR count). The Kier molecular flexibility index (Phi) is 5.74. The summed E-state index contributed by atoms with van der Waals surface area (Å²) in [6, 6.07) is 6.39. The van der Waals surface area contributed by atoms with Gasteiger partial charge in [-0.15, -0.1) is 0 Å². The number of aliphatic hydroxyl groups is 1. The molecule has 0 bridgehead atoms. The highest BCUT2D eigenvalue weighted by molar-refractivity contribution is 5.78. The Balaban J connectivity index is 1.48. The van der Waals surface area contributed by atoms with Crippen LogP contribution in [-0.2, 0) is 10.4 Å². The summed E-state index contributed by atoms with van der Waals surface area (Å²) in [5, 5.41) is 14.0. The predicted molar refractivity (Wildman–Crippen MR) is 95.5 cm³/mol. The van der Waals surface area contributed by atoms with Crippen molar-refractivity contribution in [2.75, 3.05) is 19.6 Å². The van der Waals surface area contributed by atoms with Crippen LogP contribution in [0.4, 0.5) is 4.39 Å². The molecule has 1 saturated heterocycles. The van der Waals surface area contributed by atoms with Crippen LogP contribution >= 0.6 is 0 Å². The lowest BCUT2D eigenvalue weighted by Gasteiger charge is -2.38. The molecule has 0 spiro atoms. The van der Waals surface area contributed by atoms with Crippen molar-refractivity contribution in [2.45, 2.75) is 57.1 Å². The zero-order chi connectivity index (χ0) is 17.9. The van der Waals surface area contributed by atoms with E-state index in [2.05, 4.69) is 17.1 Å². The van der Waals surface area contributed by atoms with Crippen LogP contribution in [0.2, 0.25) is 0 Å². The van der Waals surface area contributed by atoms with Gasteiger partial charge in [0.05, 0.1) is 12.1 Å². The summed E-state index contributed by atoms with van der Waals surface area (Å²) in [4.78, 5) is 14.4. The quantitative estimate of drug-likeness (QED) is 0.880. The van der Waals surface area contributed by atoms with E-state index in [0.29, 0.717) is 44.4 Å². The van der Waals surface area contributed by atoms with Crippen molar-refractivity contribution >= 4 is 5.91 Å². The zero-order valence-electron chi connectivity index (χ0n) is 15.0. The smallest absolute Gasteiger partial charge is 0.234 e. The Morgan fingerprint density at radius 2 is 1.88 bits per heavy atom. The van der Waals surface area contributed by atoms with Crippen LogP contribution in [0.25, 0.3) is 0 Å². The van der Waals surface area contributed by atoms with E-state index in [4.69, 9.17) is 0 Å². The molecular formula is C20H29FN2O2. The molecular weight excluding hydrogens is 319 g/mol. The molecule has 25 heavy (non-hydrogen) atoms. The minimum absolute atomic E-state index is 0.0889. The van der Waals surface area contributed by atoms with E-state index in [1.54, 1.807) is 12.1 Å². The first-order chi connectivity index (χ1) is 12.0. The molecule has 0 unspecified atom stereocenters. The maximum atomic E-state index is 13.1. The van der Waals surface area contributed by atoms with Gasteiger partial charge < -0.3 is 10.4 Å². The Hall–Kier alpha value is -1.46. The third-order valence-corrected chi connectivity index (χ3v) is 5.89. The van der Waals surface area contributed by atoms with E-state index in [9.17, 15) is 14.3 Å². The number of halogens is 1.